The van der Waals surface area contributed by atoms with E-state index >= 15 is 0 Å². The summed E-state index contributed by atoms with van der Waals surface area (Å²) in [5, 5.41) is 3.11. The Kier molecular flexibility index (Phi) is 4.43. The Morgan fingerprint density at radius 2 is 2.05 bits per heavy atom. The minimum Gasteiger partial charge on any atom is -0.376 e. The van der Waals surface area contributed by atoms with Gasteiger partial charge in [-0.3, -0.25) is 4.99 Å². The molecule has 1 aliphatic rings. The maximum Gasteiger partial charge on any atom is 0.193 e. The zero-order valence-electron chi connectivity index (χ0n) is 11.8. The van der Waals surface area contributed by atoms with Crippen molar-refractivity contribution in [2.75, 3.05) is 19.0 Å². The fraction of sp³-hybridized carbons (Fsp3) is 0.533. The van der Waals surface area contributed by atoms with E-state index in [1.165, 1.54) is 12.0 Å². The van der Waals surface area contributed by atoms with Gasteiger partial charge in [0.25, 0.3) is 0 Å². The summed E-state index contributed by atoms with van der Waals surface area (Å²) in [5.74, 6) is 0.451. The molecule has 0 radical (unpaired) electrons. The molecule has 0 aliphatic heterocycles. The summed E-state index contributed by atoms with van der Waals surface area (Å²) in [7, 11) is 1.75. The van der Waals surface area contributed by atoms with E-state index in [-0.39, 0.29) is 5.60 Å². The summed E-state index contributed by atoms with van der Waals surface area (Å²) < 4.78 is 5.51. The van der Waals surface area contributed by atoms with E-state index in [1.807, 2.05) is 12.1 Å². The molecule has 1 fully saturated rings. The van der Waals surface area contributed by atoms with E-state index in [0.29, 0.717) is 12.5 Å². The standard InChI is InChI=1S/C15H23N3O/c1-3-12-5-7-13(8-6-12)18-14(16)17-11-15(19-2)9-4-10-15/h5-8H,3-4,9-11H2,1-2H3,(H3,16,17,18). The Hall–Kier alpha value is -1.55. The highest BCUT2D eigenvalue weighted by Gasteiger charge is 2.36. The lowest BCUT2D eigenvalue weighted by molar-refractivity contribution is -0.0629. The minimum atomic E-state index is -0.0711. The molecule has 4 heteroatoms. The smallest absolute Gasteiger partial charge is 0.193 e. The van der Waals surface area contributed by atoms with Crippen molar-refractivity contribution in [1.82, 2.24) is 0 Å². The highest BCUT2D eigenvalue weighted by Crippen LogP contribution is 2.35. The molecule has 0 atom stereocenters. The van der Waals surface area contributed by atoms with E-state index < -0.39 is 0 Å². The fourth-order valence-corrected chi connectivity index (χ4v) is 2.24. The Labute approximate surface area is 115 Å². The molecule has 0 aromatic heterocycles. The number of aliphatic imine (C=N–C) groups is 1. The van der Waals surface area contributed by atoms with Gasteiger partial charge in [-0.05, 0) is 43.4 Å². The van der Waals surface area contributed by atoms with E-state index in [1.54, 1.807) is 7.11 Å². The van der Waals surface area contributed by atoms with Crippen LogP contribution in [0, 0.1) is 0 Å². The maximum absolute atomic E-state index is 5.90. The summed E-state index contributed by atoms with van der Waals surface area (Å²) in [6.45, 7) is 2.77. The van der Waals surface area contributed by atoms with Gasteiger partial charge >= 0.3 is 0 Å². The molecular formula is C15H23N3O. The maximum atomic E-state index is 5.90. The first kappa shape index (κ1) is 13.9. The van der Waals surface area contributed by atoms with E-state index in [0.717, 1.165) is 24.9 Å². The topological polar surface area (TPSA) is 59.6 Å². The number of nitrogens with zero attached hydrogens (tertiary/aromatic N) is 1. The summed E-state index contributed by atoms with van der Waals surface area (Å²) in [4.78, 5) is 4.39. The number of ether oxygens (including phenoxy) is 1. The molecule has 2 rings (SSSR count). The molecule has 0 heterocycles. The third-order valence-electron chi connectivity index (χ3n) is 3.87. The van der Waals surface area contributed by atoms with Gasteiger partial charge in [0.05, 0.1) is 12.1 Å². The van der Waals surface area contributed by atoms with Gasteiger partial charge in [0.1, 0.15) is 0 Å². The number of aryl methyl sites for hydroxylation is 1. The van der Waals surface area contributed by atoms with Crippen LogP contribution in [0.3, 0.4) is 0 Å². The Bertz CT molecular complexity index is 430. The van der Waals surface area contributed by atoms with Gasteiger partial charge in [0, 0.05) is 12.8 Å². The number of methoxy groups -OCH3 is 1. The van der Waals surface area contributed by atoms with Gasteiger partial charge in [-0.1, -0.05) is 19.1 Å². The number of benzene rings is 1. The molecule has 0 saturated heterocycles. The van der Waals surface area contributed by atoms with Crippen LogP contribution in [0.15, 0.2) is 29.3 Å². The average molecular weight is 261 g/mol. The second-order valence-electron chi connectivity index (χ2n) is 5.12. The van der Waals surface area contributed by atoms with E-state index in [2.05, 4.69) is 29.4 Å². The Morgan fingerprint density at radius 1 is 1.37 bits per heavy atom. The lowest BCUT2D eigenvalue weighted by Crippen LogP contribution is -2.43. The zero-order valence-corrected chi connectivity index (χ0v) is 11.8. The van der Waals surface area contributed by atoms with Gasteiger partial charge in [-0.2, -0.15) is 0 Å². The van der Waals surface area contributed by atoms with Crippen molar-refractivity contribution in [3.63, 3.8) is 0 Å². The Balaban J connectivity index is 1.90. The Morgan fingerprint density at radius 3 is 2.53 bits per heavy atom. The SMILES string of the molecule is CCc1ccc(NC(N)=NCC2(OC)CCC2)cc1. The zero-order chi connectivity index (χ0) is 13.7. The van der Waals surface area contributed by atoms with Crippen LogP contribution in [0.4, 0.5) is 5.69 Å². The molecule has 0 spiro atoms. The fourth-order valence-electron chi connectivity index (χ4n) is 2.24. The molecule has 0 bridgehead atoms. The molecule has 1 aliphatic carbocycles. The van der Waals surface area contributed by atoms with Crippen molar-refractivity contribution in [3.05, 3.63) is 29.8 Å². The van der Waals surface area contributed by atoms with Crippen LogP contribution in [0.1, 0.15) is 31.7 Å². The van der Waals surface area contributed by atoms with Gasteiger partial charge in [0.2, 0.25) is 0 Å². The number of guanidine groups is 1. The molecule has 4 nitrogen and oxygen atoms in total. The highest BCUT2D eigenvalue weighted by atomic mass is 16.5. The first-order valence-electron chi connectivity index (χ1n) is 6.88. The van der Waals surface area contributed by atoms with Crippen LogP contribution in [0.2, 0.25) is 0 Å². The lowest BCUT2D eigenvalue weighted by atomic mass is 9.80. The second kappa shape index (κ2) is 6.06. The molecular weight excluding hydrogens is 238 g/mol. The van der Waals surface area contributed by atoms with Crippen LogP contribution >= 0.6 is 0 Å². The highest BCUT2D eigenvalue weighted by molar-refractivity contribution is 5.92. The van der Waals surface area contributed by atoms with Crippen molar-refractivity contribution in [2.45, 2.75) is 38.2 Å². The van der Waals surface area contributed by atoms with Crippen molar-refractivity contribution >= 4 is 11.6 Å². The summed E-state index contributed by atoms with van der Waals surface area (Å²) >= 11 is 0. The molecule has 0 unspecified atom stereocenters. The van der Waals surface area contributed by atoms with E-state index in [4.69, 9.17) is 10.5 Å². The monoisotopic (exact) mass is 261 g/mol. The molecule has 104 valence electrons. The van der Waals surface area contributed by atoms with Crippen LogP contribution < -0.4 is 11.1 Å². The van der Waals surface area contributed by atoms with Crippen molar-refractivity contribution in [3.8, 4) is 0 Å². The van der Waals surface area contributed by atoms with Crippen molar-refractivity contribution in [2.24, 2.45) is 10.7 Å². The third kappa shape index (κ3) is 3.47. The molecule has 0 amide bonds. The van der Waals surface area contributed by atoms with Crippen molar-refractivity contribution < 1.29 is 4.74 Å². The molecule has 19 heavy (non-hydrogen) atoms. The molecule has 3 N–H and O–H groups in total. The predicted molar refractivity (Wildman–Crippen MR) is 79.5 cm³/mol. The number of rotatable bonds is 5. The van der Waals surface area contributed by atoms with Gasteiger partial charge in [-0.15, -0.1) is 0 Å². The molecule has 1 saturated carbocycles. The first-order chi connectivity index (χ1) is 9.17. The first-order valence-corrected chi connectivity index (χ1v) is 6.88. The third-order valence-corrected chi connectivity index (χ3v) is 3.87. The summed E-state index contributed by atoms with van der Waals surface area (Å²) in [6, 6.07) is 8.24. The largest absolute Gasteiger partial charge is 0.376 e. The molecule has 1 aromatic rings. The quantitative estimate of drug-likeness (QED) is 0.632. The van der Waals surface area contributed by atoms with Crippen molar-refractivity contribution in [1.29, 1.82) is 0 Å². The number of hydrogen-bond acceptors (Lipinski definition) is 2. The second-order valence-corrected chi connectivity index (χ2v) is 5.12. The van der Waals surface area contributed by atoms with Crippen LogP contribution in [-0.2, 0) is 11.2 Å². The van der Waals surface area contributed by atoms with Crippen LogP contribution in [-0.4, -0.2) is 25.2 Å². The lowest BCUT2D eigenvalue weighted by Gasteiger charge is -2.39. The number of anilines is 1. The number of hydrogen-bond donors (Lipinski definition) is 2. The summed E-state index contributed by atoms with van der Waals surface area (Å²) in [5.41, 5.74) is 8.11. The predicted octanol–water partition coefficient (Wildman–Crippen LogP) is 2.54. The van der Waals surface area contributed by atoms with Crippen LogP contribution in [0.5, 0.6) is 0 Å². The average Bonchev–Trinajstić information content (AvgIpc) is 2.39. The number of nitrogens with one attached hydrogen (secondary N) is 1. The van der Waals surface area contributed by atoms with Gasteiger partial charge in [-0.25, -0.2) is 0 Å². The molecule has 1 aromatic carbocycles. The van der Waals surface area contributed by atoms with Crippen LogP contribution in [0.25, 0.3) is 0 Å². The van der Waals surface area contributed by atoms with Gasteiger partial charge in [0.15, 0.2) is 5.96 Å². The normalized spacial score (nSPS) is 17.9. The van der Waals surface area contributed by atoms with Gasteiger partial charge < -0.3 is 15.8 Å². The van der Waals surface area contributed by atoms with E-state index in [9.17, 15) is 0 Å². The minimum absolute atomic E-state index is 0.0711. The summed E-state index contributed by atoms with van der Waals surface area (Å²) in [6.07, 6.45) is 4.41. The number of nitrogens with two attached hydrogens (primary N) is 1.